The van der Waals surface area contributed by atoms with Gasteiger partial charge in [-0.05, 0) is 75.4 Å². The Balaban J connectivity index is 1.30. The first-order valence-corrected chi connectivity index (χ1v) is 14.4. The molecule has 7 nitrogen and oxygen atoms in total. The van der Waals surface area contributed by atoms with E-state index in [2.05, 4.69) is 22.3 Å². The molecule has 1 aliphatic heterocycles. The lowest BCUT2D eigenvalue weighted by Gasteiger charge is -2.33. The van der Waals surface area contributed by atoms with Crippen LogP contribution in [0, 0.1) is 0 Å². The van der Waals surface area contributed by atoms with Crippen molar-refractivity contribution in [1.82, 2.24) is 10.2 Å². The summed E-state index contributed by atoms with van der Waals surface area (Å²) in [5.74, 6) is 1.45. The van der Waals surface area contributed by atoms with Crippen LogP contribution in [0.1, 0.15) is 63.5 Å². The largest absolute Gasteiger partial charge is 0.493 e. The Hall–Kier alpha value is -3.84. The van der Waals surface area contributed by atoms with Crippen molar-refractivity contribution in [1.29, 1.82) is 0 Å². The molecule has 0 spiro atoms. The predicted molar refractivity (Wildman–Crippen MR) is 160 cm³/mol. The van der Waals surface area contributed by atoms with Gasteiger partial charge in [0.25, 0.3) is 0 Å². The van der Waals surface area contributed by atoms with Crippen molar-refractivity contribution in [3.05, 3.63) is 90.0 Å². The van der Waals surface area contributed by atoms with Gasteiger partial charge in [0.05, 0.1) is 13.0 Å². The zero-order valence-electron chi connectivity index (χ0n) is 24.6. The number of esters is 1. The Kier molecular flexibility index (Phi) is 10.4. The van der Waals surface area contributed by atoms with Crippen molar-refractivity contribution in [2.24, 2.45) is 0 Å². The monoisotopic (exact) mass is 558 g/mol. The number of rotatable bonds is 11. The fraction of sp³-hybridized carbons (Fsp3) is 0.412. The van der Waals surface area contributed by atoms with E-state index in [1.165, 1.54) is 5.56 Å². The molecule has 1 amide bonds. The topological polar surface area (TPSA) is 77.1 Å². The highest BCUT2D eigenvalue weighted by Gasteiger charge is 2.27. The van der Waals surface area contributed by atoms with E-state index >= 15 is 0 Å². The maximum absolute atomic E-state index is 13.4. The third kappa shape index (κ3) is 9.35. The van der Waals surface area contributed by atoms with Crippen LogP contribution in [-0.4, -0.2) is 48.6 Å². The van der Waals surface area contributed by atoms with E-state index in [0.29, 0.717) is 17.9 Å². The van der Waals surface area contributed by atoms with Crippen molar-refractivity contribution in [2.75, 3.05) is 20.2 Å². The minimum Gasteiger partial charge on any atom is -0.493 e. The molecule has 1 saturated heterocycles. The lowest BCUT2D eigenvalue weighted by Crippen LogP contribution is -2.45. The molecule has 0 bridgehead atoms. The van der Waals surface area contributed by atoms with Gasteiger partial charge in [-0.25, -0.2) is 0 Å². The van der Waals surface area contributed by atoms with Crippen LogP contribution < -0.4 is 14.8 Å². The Morgan fingerprint density at radius 1 is 0.927 bits per heavy atom. The number of nitrogens with one attached hydrogen (secondary N) is 1. The van der Waals surface area contributed by atoms with E-state index in [0.717, 1.165) is 43.8 Å². The molecular formula is C34H42N2O5. The SMILES string of the molecule is COc1ccccc1Oc1cccc(CN2CCC(NC(=O)C(CCC(=O)OC(C)(C)C)c3ccccc3)CC2)c1. The average Bonchev–Trinajstić information content (AvgIpc) is 2.94. The standard InChI is InChI=1S/C34H42N2O5/c1-34(2,3)41-32(37)18-17-29(26-12-6-5-7-13-26)33(38)35-27-19-21-36(22-20-27)24-25-11-10-14-28(23-25)40-31-16-9-8-15-30(31)39-4/h5-16,23,27,29H,17-22,24H2,1-4H3,(H,35,38). The molecule has 1 heterocycles. The van der Waals surface area contributed by atoms with Crippen molar-refractivity contribution < 1.29 is 23.8 Å². The van der Waals surface area contributed by atoms with Crippen LogP contribution in [0.4, 0.5) is 0 Å². The van der Waals surface area contributed by atoms with Crippen LogP contribution in [0.3, 0.4) is 0 Å². The molecule has 218 valence electrons. The van der Waals surface area contributed by atoms with Crippen molar-refractivity contribution in [2.45, 2.75) is 70.6 Å². The molecular weight excluding hydrogens is 516 g/mol. The van der Waals surface area contributed by atoms with E-state index in [-0.39, 0.29) is 24.3 Å². The summed E-state index contributed by atoms with van der Waals surface area (Å²) in [6.45, 7) is 8.14. The van der Waals surface area contributed by atoms with Gasteiger partial charge >= 0.3 is 5.97 Å². The van der Waals surface area contributed by atoms with Crippen molar-refractivity contribution >= 4 is 11.9 Å². The van der Waals surface area contributed by atoms with Gasteiger partial charge in [-0.3, -0.25) is 14.5 Å². The van der Waals surface area contributed by atoms with Gasteiger partial charge in [0, 0.05) is 32.1 Å². The number of methoxy groups -OCH3 is 1. The number of carbonyl (C=O) groups excluding carboxylic acids is 2. The number of carbonyl (C=O) groups is 2. The predicted octanol–water partition coefficient (Wildman–Crippen LogP) is 6.47. The zero-order chi connectivity index (χ0) is 29.2. The second-order valence-corrected chi connectivity index (χ2v) is 11.5. The number of hydrogen-bond donors (Lipinski definition) is 1. The second-order valence-electron chi connectivity index (χ2n) is 11.5. The van der Waals surface area contributed by atoms with E-state index in [1.807, 2.05) is 87.5 Å². The zero-order valence-corrected chi connectivity index (χ0v) is 24.6. The van der Waals surface area contributed by atoms with Gasteiger partial charge in [-0.15, -0.1) is 0 Å². The number of amides is 1. The molecule has 1 aliphatic rings. The Labute approximate surface area is 243 Å². The Morgan fingerprint density at radius 2 is 1.61 bits per heavy atom. The van der Waals surface area contributed by atoms with Gasteiger partial charge < -0.3 is 19.5 Å². The number of piperidine rings is 1. The molecule has 3 aromatic carbocycles. The number of para-hydroxylation sites is 2. The number of ether oxygens (including phenoxy) is 3. The van der Waals surface area contributed by atoms with Gasteiger partial charge in [-0.1, -0.05) is 54.6 Å². The first-order valence-electron chi connectivity index (χ1n) is 14.4. The Bertz CT molecular complexity index is 1280. The molecule has 1 unspecified atom stereocenters. The summed E-state index contributed by atoms with van der Waals surface area (Å²) in [6, 6.07) is 25.5. The van der Waals surface area contributed by atoms with Crippen LogP contribution >= 0.6 is 0 Å². The molecule has 0 aromatic heterocycles. The average molecular weight is 559 g/mol. The molecule has 0 saturated carbocycles. The molecule has 1 N–H and O–H groups in total. The summed E-state index contributed by atoms with van der Waals surface area (Å²) in [5.41, 5.74) is 1.55. The molecule has 4 rings (SSSR count). The van der Waals surface area contributed by atoms with Gasteiger partial charge in [0.2, 0.25) is 5.91 Å². The molecule has 3 aromatic rings. The maximum Gasteiger partial charge on any atom is 0.306 e. The molecule has 1 fully saturated rings. The van der Waals surface area contributed by atoms with Crippen molar-refractivity contribution in [3.8, 4) is 17.2 Å². The van der Waals surface area contributed by atoms with Gasteiger partial charge in [0.15, 0.2) is 11.5 Å². The lowest BCUT2D eigenvalue weighted by molar-refractivity contribution is -0.155. The van der Waals surface area contributed by atoms with E-state index in [1.54, 1.807) is 7.11 Å². The highest BCUT2D eigenvalue weighted by atomic mass is 16.6. The van der Waals surface area contributed by atoms with Crippen LogP contribution in [0.25, 0.3) is 0 Å². The molecule has 1 atom stereocenters. The van der Waals surface area contributed by atoms with Crippen LogP contribution in [-0.2, 0) is 20.9 Å². The molecule has 0 radical (unpaired) electrons. The van der Waals surface area contributed by atoms with Crippen LogP contribution in [0.5, 0.6) is 17.2 Å². The second kappa shape index (κ2) is 14.2. The molecule has 0 aliphatic carbocycles. The van der Waals surface area contributed by atoms with Crippen LogP contribution in [0.15, 0.2) is 78.9 Å². The summed E-state index contributed by atoms with van der Waals surface area (Å²) in [4.78, 5) is 28.2. The summed E-state index contributed by atoms with van der Waals surface area (Å²) in [7, 11) is 1.64. The normalized spacial score (nSPS) is 15.1. The van der Waals surface area contributed by atoms with E-state index in [9.17, 15) is 9.59 Å². The smallest absolute Gasteiger partial charge is 0.306 e. The number of hydrogen-bond acceptors (Lipinski definition) is 6. The summed E-state index contributed by atoms with van der Waals surface area (Å²) < 4.78 is 17.0. The quantitative estimate of drug-likeness (QED) is 0.272. The van der Waals surface area contributed by atoms with Gasteiger partial charge in [-0.2, -0.15) is 0 Å². The number of likely N-dealkylation sites (tertiary alicyclic amines) is 1. The third-order valence-corrected chi connectivity index (χ3v) is 7.11. The highest BCUT2D eigenvalue weighted by molar-refractivity contribution is 5.84. The Morgan fingerprint density at radius 3 is 2.29 bits per heavy atom. The first kappa shape index (κ1) is 30.1. The molecule has 41 heavy (non-hydrogen) atoms. The lowest BCUT2D eigenvalue weighted by atomic mass is 9.92. The van der Waals surface area contributed by atoms with E-state index < -0.39 is 11.5 Å². The first-order chi connectivity index (χ1) is 19.7. The fourth-order valence-electron chi connectivity index (χ4n) is 5.12. The van der Waals surface area contributed by atoms with E-state index in [4.69, 9.17) is 14.2 Å². The molecule has 7 heteroatoms. The summed E-state index contributed by atoms with van der Waals surface area (Å²) >= 11 is 0. The third-order valence-electron chi connectivity index (χ3n) is 7.11. The fourth-order valence-corrected chi connectivity index (χ4v) is 5.12. The minimum atomic E-state index is -0.542. The maximum atomic E-state index is 13.4. The van der Waals surface area contributed by atoms with Crippen molar-refractivity contribution in [3.63, 3.8) is 0 Å². The number of benzene rings is 3. The summed E-state index contributed by atoms with van der Waals surface area (Å²) in [5, 5.41) is 3.27. The summed E-state index contributed by atoms with van der Waals surface area (Å²) in [6.07, 6.45) is 2.35. The van der Waals surface area contributed by atoms with Gasteiger partial charge in [0.1, 0.15) is 11.4 Å². The minimum absolute atomic E-state index is 0.0283. The number of nitrogens with zero attached hydrogens (tertiary/aromatic N) is 1. The highest BCUT2D eigenvalue weighted by Crippen LogP contribution is 2.31. The van der Waals surface area contributed by atoms with Crippen LogP contribution in [0.2, 0.25) is 0 Å².